The summed E-state index contributed by atoms with van der Waals surface area (Å²) in [6.07, 6.45) is 1.45. The Kier molecular flexibility index (Phi) is 4.29. The van der Waals surface area contributed by atoms with Gasteiger partial charge in [0, 0.05) is 16.2 Å². The third-order valence-corrected chi connectivity index (χ3v) is 3.99. The Morgan fingerprint density at radius 1 is 1.15 bits per heavy atom. The van der Waals surface area contributed by atoms with Gasteiger partial charge in [-0.15, -0.1) is 0 Å². The summed E-state index contributed by atoms with van der Waals surface area (Å²) < 4.78 is 44.0. The van der Waals surface area contributed by atoms with Crippen LogP contribution in [0, 0.1) is 0 Å². The highest BCUT2D eigenvalue weighted by molar-refractivity contribution is 8.13. The second-order valence-electron chi connectivity index (χ2n) is 3.85. The van der Waals surface area contributed by atoms with Crippen LogP contribution in [0.4, 0.5) is 0 Å². The van der Waals surface area contributed by atoms with Crippen molar-refractivity contribution in [3.8, 4) is 11.5 Å². The van der Waals surface area contributed by atoms with Crippen LogP contribution in [0.15, 0.2) is 23.3 Å². The van der Waals surface area contributed by atoms with Crippen molar-refractivity contribution >= 4 is 25.5 Å². The van der Waals surface area contributed by atoms with Crippen molar-refractivity contribution in [2.45, 2.75) is 4.90 Å². The minimum Gasteiger partial charge on any atom is -0.495 e. The number of hydrogen-bond acceptors (Lipinski definition) is 6. The Labute approximate surface area is 121 Å². The van der Waals surface area contributed by atoms with Crippen LogP contribution in [0.1, 0.15) is 5.56 Å². The van der Waals surface area contributed by atoms with Gasteiger partial charge in [0.1, 0.15) is 31.0 Å². The van der Waals surface area contributed by atoms with Crippen LogP contribution in [0.5, 0.6) is 11.5 Å². The second kappa shape index (κ2) is 5.80. The molecule has 110 valence electrons. The van der Waals surface area contributed by atoms with Gasteiger partial charge in [-0.25, -0.2) is 8.42 Å². The molecule has 0 saturated heterocycles. The summed E-state index contributed by atoms with van der Waals surface area (Å²) >= 11 is 0. The van der Waals surface area contributed by atoms with E-state index in [0.29, 0.717) is 24.5 Å². The van der Waals surface area contributed by atoms with Crippen molar-refractivity contribution in [2.75, 3.05) is 27.4 Å². The fourth-order valence-corrected chi connectivity index (χ4v) is 3.00. The number of halogens is 1. The first-order valence-corrected chi connectivity index (χ1v) is 7.94. The van der Waals surface area contributed by atoms with Crippen LogP contribution < -0.4 is 9.47 Å². The monoisotopic (exact) mass is 320 g/mol. The molecule has 1 aromatic rings. The van der Waals surface area contributed by atoms with E-state index in [1.54, 1.807) is 0 Å². The van der Waals surface area contributed by atoms with Gasteiger partial charge in [-0.1, -0.05) is 0 Å². The molecule has 8 heteroatoms. The summed E-state index contributed by atoms with van der Waals surface area (Å²) in [4.78, 5) is -0.217. The van der Waals surface area contributed by atoms with Crippen molar-refractivity contribution in [1.82, 2.24) is 0 Å². The van der Waals surface area contributed by atoms with E-state index >= 15 is 0 Å². The molecule has 1 heterocycles. The van der Waals surface area contributed by atoms with E-state index in [-0.39, 0.29) is 16.4 Å². The zero-order valence-electron chi connectivity index (χ0n) is 10.9. The molecule has 0 spiro atoms. The molecule has 0 aromatic heterocycles. The molecule has 1 aromatic carbocycles. The van der Waals surface area contributed by atoms with Gasteiger partial charge >= 0.3 is 0 Å². The van der Waals surface area contributed by atoms with Crippen LogP contribution in [0.25, 0.3) is 5.76 Å². The molecule has 0 aliphatic carbocycles. The van der Waals surface area contributed by atoms with Crippen molar-refractivity contribution in [2.24, 2.45) is 0 Å². The Morgan fingerprint density at radius 3 is 2.15 bits per heavy atom. The number of ether oxygens (including phenoxy) is 4. The minimum atomic E-state index is -4.01. The lowest BCUT2D eigenvalue weighted by Crippen LogP contribution is -2.08. The highest BCUT2D eigenvalue weighted by Crippen LogP contribution is 2.39. The minimum absolute atomic E-state index is 0.0735. The van der Waals surface area contributed by atoms with Crippen molar-refractivity contribution < 1.29 is 27.4 Å². The topological polar surface area (TPSA) is 71.1 Å². The largest absolute Gasteiger partial charge is 0.495 e. The Bertz CT molecular complexity index is 612. The van der Waals surface area contributed by atoms with Crippen LogP contribution in [-0.4, -0.2) is 35.9 Å². The van der Waals surface area contributed by atoms with Gasteiger partial charge in [-0.2, -0.15) is 0 Å². The summed E-state index contributed by atoms with van der Waals surface area (Å²) in [5, 5.41) is 0. The fourth-order valence-electron chi connectivity index (χ4n) is 1.78. The van der Waals surface area contributed by atoms with E-state index < -0.39 is 9.05 Å². The maximum atomic E-state index is 11.6. The maximum Gasteiger partial charge on any atom is 0.268 e. The number of hydrogen-bond donors (Lipinski definition) is 0. The molecule has 0 atom stereocenters. The number of benzene rings is 1. The van der Waals surface area contributed by atoms with E-state index in [2.05, 4.69) is 0 Å². The third-order valence-electron chi connectivity index (χ3n) is 2.64. The maximum absolute atomic E-state index is 11.6. The molecule has 0 N–H and O–H groups in total. The predicted molar refractivity (Wildman–Crippen MR) is 72.5 cm³/mol. The zero-order valence-corrected chi connectivity index (χ0v) is 12.5. The standard InChI is InChI=1S/C12H13ClO6S/c1-16-9-5-8(11-7-18-3-4-19-11)6-10(17-2)12(9)20(13,14)15/h5-7H,3-4H2,1-2H3. The van der Waals surface area contributed by atoms with Crippen molar-refractivity contribution in [1.29, 1.82) is 0 Å². The Hall–Kier alpha value is -1.60. The first-order chi connectivity index (χ1) is 9.47. The molecule has 0 amide bonds. The van der Waals surface area contributed by atoms with Gasteiger partial charge in [0.15, 0.2) is 10.7 Å². The lowest BCUT2D eigenvalue weighted by molar-refractivity contribution is 0.125. The molecule has 6 nitrogen and oxygen atoms in total. The van der Waals surface area contributed by atoms with Gasteiger partial charge in [0.2, 0.25) is 0 Å². The molecular weight excluding hydrogens is 308 g/mol. The molecule has 0 unspecified atom stereocenters. The molecule has 20 heavy (non-hydrogen) atoms. The summed E-state index contributed by atoms with van der Waals surface area (Å²) in [6.45, 7) is 0.873. The summed E-state index contributed by atoms with van der Waals surface area (Å²) in [6, 6.07) is 3.00. The van der Waals surface area contributed by atoms with Crippen LogP contribution >= 0.6 is 10.7 Å². The number of methoxy groups -OCH3 is 2. The quantitative estimate of drug-likeness (QED) is 0.790. The van der Waals surface area contributed by atoms with Crippen LogP contribution in [0.2, 0.25) is 0 Å². The second-order valence-corrected chi connectivity index (χ2v) is 6.35. The molecule has 0 saturated carbocycles. The van der Waals surface area contributed by atoms with E-state index in [1.807, 2.05) is 0 Å². The lowest BCUT2D eigenvalue weighted by Gasteiger charge is -2.18. The average Bonchev–Trinajstić information content (AvgIpc) is 2.45. The molecule has 1 aliphatic heterocycles. The van der Waals surface area contributed by atoms with Gasteiger partial charge in [0.05, 0.1) is 14.2 Å². The Balaban J connectivity index is 2.61. The molecule has 2 rings (SSSR count). The number of rotatable bonds is 4. The molecule has 0 bridgehead atoms. The molecule has 0 radical (unpaired) electrons. The first-order valence-electron chi connectivity index (χ1n) is 5.63. The van der Waals surface area contributed by atoms with Gasteiger partial charge < -0.3 is 18.9 Å². The van der Waals surface area contributed by atoms with Crippen LogP contribution in [-0.2, 0) is 18.5 Å². The summed E-state index contributed by atoms with van der Waals surface area (Å²) in [7, 11) is 4.09. The van der Waals surface area contributed by atoms with E-state index in [9.17, 15) is 8.42 Å². The molecule has 0 fully saturated rings. The van der Waals surface area contributed by atoms with E-state index in [1.165, 1.54) is 32.6 Å². The normalized spacial score (nSPS) is 14.8. The SMILES string of the molecule is COc1cc(C2=COCCO2)cc(OC)c1S(=O)(=O)Cl. The zero-order chi connectivity index (χ0) is 14.8. The van der Waals surface area contributed by atoms with Gasteiger partial charge in [-0.3, -0.25) is 0 Å². The summed E-state index contributed by atoms with van der Waals surface area (Å²) in [5.41, 5.74) is 0.572. The lowest BCUT2D eigenvalue weighted by atomic mass is 10.1. The average molecular weight is 321 g/mol. The highest BCUT2D eigenvalue weighted by Gasteiger charge is 2.25. The molecular formula is C12H13ClO6S. The summed E-state index contributed by atoms with van der Waals surface area (Å²) in [5.74, 6) is 0.611. The van der Waals surface area contributed by atoms with E-state index in [4.69, 9.17) is 29.6 Å². The van der Waals surface area contributed by atoms with Crippen LogP contribution in [0.3, 0.4) is 0 Å². The smallest absolute Gasteiger partial charge is 0.268 e. The fraction of sp³-hybridized carbons (Fsp3) is 0.333. The van der Waals surface area contributed by atoms with E-state index in [0.717, 1.165) is 0 Å². The Morgan fingerprint density at radius 2 is 1.75 bits per heavy atom. The highest BCUT2D eigenvalue weighted by atomic mass is 35.7. The van der Waals surface area contributed by atoms with Crippen molar-refractivity contribution in [3.63, 3.8) is 0 Å². The first kappa shape index (κ1) is 14.8. The third kappa shape index (κ3) is 2.94. The molecule has 1 aliphatic rings. The van der Waals surface area contributed by atoms with Crippen molar-refractivity contribution in [3.05, 3.63) is 24.0 Å². The van der Waals surface area contributed by atoms with Gasteiger partial charge in [-0.05, 0) is 12.1 Å². The predicted octanol–water partition coefficient (Wildman–Crippen LogP) is 1.98. The van der Waals surface area contributed by atoms with Gasteiger partial charge in [0.25, 0.3) is 9.05 Å².